The topological polar surface area (TPSA) is 118 Å². The fraction of sp³-hybridized carbons (Fsp3) is 0.267. The number of carbonyl (C=O) groups excluding carboxylic acids is 2. The van der Waals surface area contributed by atoms with Gasteiger partial charge in [0.2, 0.25) is 5.91 Å². The van der Waals surface area contributed by atoms with Crippen LogP contribution in [0.2, 0.25) is 0 Å². The summed E-state index contributed by atoms with van der Waals surface area (Å²) in [5.74, 6) is -0.317. The third-order valence-electron chi connectivity index (χ3n) is 6.91. The average Bonchev–Trinajstić information content (AvgIpc) is 3.42. The third-order valence-corrected chi connectivity index (χ3v) is 6.91. The third kappa shape index (κ3) is 4.70. The van der Waals surface area contributed by atoms with E-state index in [1.807, 2.05) is 67.6 Å². The van der Waals surface area contributed by atoms with Gasteiger partial charge in [0.05, 0.1) is 6.26 Å². The SMILES string of the molecule is CCCC(=O)OC1CC1(C(N)=O)c1ccccc1OCc1cc(-c2cccc(CN)c2)c2occc2c1. The molecule has 1 fully saturated rings. The van der Waals surface area contributed by atoms with Crippen molar-refractivity contribution < 1.29 is 23.5 Å². The molecule has 3 aromatic carbocycles. The smallest absolute Gasteiger partial charge is 0.306 e. The van der Waals surface area contributed by atoms with Crippen LogP contribution in [-0.4, -0.2) is 18.0 Å². The van der Waals surface area contributed by atoms with Gasteiger partial charge in [-0.05, 0) is 53.4 Å². The Labute approximate surface area is 215 Å². The van der Waals surface area contributed by atoms with E-state index in [-0.39, 0.29) is 12.6 Å². The zero-order valence-electron chi connectivity index (χ0n) is 20.7. The lowest BCUT2D eigenvalue weighted by Gasteiger charge is -2.19. The first-order chi connectivity index (χ1) is 18.0. The van der Waals surface area contributed by atoms with Crippen LogP contribution in [0, 0.1) is 0 Å². The molecule has 1 aromatic heterocycles. The van der Waals surface area contributed by atoms with Crippen molar-refractivity contribution >= 4 is 22.8 Å². The molecule has 0 spiro atoms. The molecule has 190 valence electrons. The lowest BCUT2D eigenvalue weighted by molar-refractivity contribution is -0.146. The van der Waals surface area contributed by atoms with E-state index in [0.29, 0.717) is 37.1 Å². The fourth-order valence-corrected chi connectivity index (χ4v) is 4.90. The number of furan rings is 1. The molecule has 7 nitrogen and oxygen atoms in total. The number of nitrogens with two attached hydrogens (primary N) is 2. The Balaban J connectivity index is 1.43. The molecule has 4 N–H and O–H groups in total. The van der Waals surface area contributed by atoms with Crippen molar-refractivity contribution in [2.75, 3.05) is 0 Å². The number of fused-ring (bicyclic) bond motifs is 1. The fourth-order valence-electron chi connectivity index (χ4n) is 4.90. The first-order valence-electron chi connectivity index (χ1n) is 12.5. The summed E-state index contributed by atoms with van der Waals surface area (Å²) in [6, 6.07) is 21.3. The van der Waals surface area contributed by atoms with Crippen LogP contribution in [0.25, 0.3) is 22.1 Å². The van der Waals surface area contributed by atoms with Gasteiger partial charge in [-0.25, -0.2) is 0 Å². The lowest BCUT2D eigenvalue weighted by Crippen LogP contribution is -2.33. The van der Waals surface area contributed by atoms with Crippen LogP contribution in [0.15, 0.2) is 77.4 Å². The van der Waals surface area contributed by atoms with Gasteiger partial charge in [0.15, 0.2) is 0 Å². The Morgan fingerprint density at radius 3 is 2.68 bits per heavy atom. The average molecular weight is 499 g/mol. The second-order valence-electron chi connectivity index (χ2n) is 9.44. The quantitative estimate of drug-likeness (QED) is 0.298. The predicted octanol–water partition coefficient (Wildman–Crippen LogP) is 4.98. The Morgan fingerprint density at radius 2 is 1.89 bits per heavy atom. The van der Waals surface area contributed by atoms with Gasteiger partial charge < -0.3 is 25.4 Å². The van der Waals surface area contributed by atoms with E-state index in [0.717, 1.165) is 33.2 Å². The van der Waals surface area contributed by atoms with Gasteiger partial charge in [-0.3, -0.25) is 9.59 Å². The van der Waals surface area contributed by atoms with Crippen molar-refractivity contribution in [3.05, 3.63) is 89.7 Å². The predicted molar refractivity (Wildman–Crippen MR) is 141 cm³/mol. The largest absolute Gasteiger partial charge is 0.489 e. The molecule has 0 radical (unpaired) electrons. The maximum absolute atomic E-state index is 12.6. The molecule has 0 saturated heterocycles. The number of carbonyl (C=O) groups is 2. The summed E-state index contributed by atoms with van der Waals surface area (Å²) in [5, 5.41) is 0.959. The summed E-state index contributed by atoms with van der Waals surface area (Å²) in [6.45, 7) is 2.61. The highest BCUT2D eigenvalue weighted by Gasteiger charge is 2.64. The number of primary amides is 1. The number of para-hydroxylation sites is 1. The second kappa shape index (κ2) is 10.1. The maximum atomic E-state index is 12.6. The van der Waals surface area contributed by atoms with E-state index in [1.54, 1.807) is 6.26 Å². The summed E-state index contributed by atoms with van der Waals surface area (Å²) in [7, 11) is 0. The number of hydrogen-bond donors (Lipinski definition) is 2. The molecule has 1 amide bonds. The molecule has 0 bridgehead atoms. The number of hydrogen-bond acceptors (Lipinski definition) is 6. The first kappa shape index (κ1) is 24.6. The molecule has 1 aliphatic carbocycles. The van der Waals surface area contributed by atoms with Crippen LogP contribution >= 0.6 is 0 Å². The molecular weight excluding hydrogens is 468 g/mol. The summed E-state index contributed by atoms with van der Waals surface area (Å²) in [4.78, 5) is 24.7. The zero-order chi connectivity index (χ0) is 26.0. The van der Waals surface area contributed by atoms with Crippen LogP contribution < -0.4 is 16.2 Å². The highest BCUT2D eigenvalue weighted by Crippen LogP contribution is 2.53. The lowest BCUT2D eigenvalue weighted by atomic mass is 9.93. The highest BCUT2D eigenvalue weighted by atomic mass is 16.6. The molecule has 1 heterocycles. The summed E-state index contributed by atoms with van der Waals surface area (Å²) in [5.41, 5.74) is 16.0. The van der Waals surface area contributed by atoms with E-state index in [9.17, 15) is 9.59 Å². The Bertz CT molecular complexity index is 1460. The van der Waals surface area contributed by atoms with Gasteiger partial charge in [0.25, 0.3) is 0 Å². The van der Waals surface area contributed by atoms with E-state index in [4.69, 9.17) is 25.4 Å². The first-order valence-corrected chi connectivity index (χ1v) is 12.5. The van der Waals surface area contributed by atoms with Crippen molar-refractivity contribution in [3.8, 4) is 16.9 Å². The maximum Gasteiger partial charge on any atom is 0.306 e. The molecule has 37 heavy (non-hydrogen) atoms. The monoisotopic (exact) mass is 498 g/mol. The zero-order valence-corrected chi connectivity index (χ0v) is 20.7. The van der Waals surface area contributed by atoms with Crippen LogP contribution in [-0.2, 0) is 32.9 Å². The van der Waals surface area contributed by atoms with Gasteiger partial charge in [-0.15, -0.1) is 0 Å². The molecular formula is C30H30N2O5. The molecule has 1 aliphatic rings. The summed E-state index contributed by atoms with van der Waals surface area (Å²) in [6.07, 6.45) is 2.41. The van der Waals surface area contributed by atoms with E-state index < -0.39 is 17.4 Å². The van der Waals surface area contributed by atoms with E-state index in [1.165, 1.54) is 0 Å². The minimum atomic E-state index is -1.08. The number of ether oxygens (including phenoxy) is 2. The van der Waals surface area contributed by atoms with Crippen molar-refractivity contribution in [2.45, 2.75) is 50.9 Å². The van der Waals surface area contributed by atoms with Crippen LogP contribution in [0.4, 0.5) is 0 Å². The van der Waals surface area contributed by atoms with Crippen LogP contribution in [0.1, 0.15) is 42.9 Å². The summed E-state index contributed by atoms with van der Waals surface area (Å²) >= 11 is 0. The van der Waals surface area contributed by atoms with Crippen molar-refractivity contribution in [3.63, 3.8) is 0 Å². The molecule has 1 saturated carbocycles. The number of esters is 1. The van der Waals surface area contributed by atoms with Crippen LogP contribution in [0.5, 0.6) is 5.75 Å². The number of rotatable bonds is 10. The molecule has 4 aromatic rings. The molecule has 2 atom stereocenters. The van der Waals surface area contributed by atoms with Crippen molar-refractivity contribution in [1.82, 2.24) is 0 Å². The van der Waals surface area contributed by atoms with Crippen molar-refractivity contribution in [2.24, 2.45) is 11.5 Å². The van der Waals surface area contributed by atoms with E-state index in [2.05, 4.69) is 6.07 Å². The normalized spacial score (nSPS) is 18.5. The second-order valence-corrected chi connectivity index (χ2v) is 9.44. The van der Waals surface area contributed by atoms with Gasteiger partial charge in [0.1, 0.15) is 29.5 Å². The highest BCUT2D eigenvalue weighted by molar-refractivity contribution is 5.94. The van der Waals surface area contributed by atoms with Gasteiger partial charge in [-0.1, -0.05) is 43.3 Å². The van der Waals surface area contributed by atoms with Gasteiger partial charge in [-0.2, -0.15) is 0 Å². The number of amides is 1. The molecule has 5 rings (SSSR count). The molecule has 0 aliphatic heterocycles. The minimum Gasteiger partial charge on any atom is -0.489 e. The van der Waals surface area contributed by atoms with E-state index >= 15 is 0 Å². The summed E-state index contributed by atoms with van der Waals surface area (Å²) < 4.78 is 17.6. The van der Waals surface area contributed by atoms with Gasteiger partial charge >= 0.3 is 5.97 Å². The van der Waals surface area contributed by atoms with Crippen molar-refractivity contribution in [1.29, 1.82) is 0 Å². The molecule has 2 unspecified atom stereocenters. The van der Waals surface area contributed by atoms with Crippen LogP contribution in [0.3, 0.4) is 0 Å². The Kier molecular flexibility index (Phi) is 6.72. The van der Waals surface area contributed by atoms with Gasteiger partial charge in [0, 0.05) is 35.9 Å². The minimum absolute atomic E-state index is 0.261. The Hall–Kier alpha value is -4.10. The standard InChI is InChI=1S/C30H30N2O5/c1-2-6-27(33)37-26-16-30(26,29(32)34)24-9-3-4-10-25(24)36-18-20-14-22-11-12-35-28(22)23(15-20)21-8-5-7-19(13-21)17-31/h3-5,7-15,26H,2,6,16-18,31H2,1H3,(H2,32,34). The number of benzene rings is 3. The Morgan fingerprint density at radius 1 is 1.05 bits per heavy atom. The molecule has 7 heteroatoms.